The molecule has 1 N–H and O–H groups in total. The zero-order valence-corrected chi connectivity index (χ0v) is 17.5. The fraction of sp³-hybridized carbons (Fsp3) is 0.174. The van der Waals surface area contributed by atoms with E-state index in [0.717, 1.165) is 33.8 Å². The summed E-state index contributed by atoms with van der Waals surface area (Å²) in [7, 11) is -2.24. The highest BCUT2D eigenvalue weighted by atomic mass is 32.2. The maximum atomic E-state index is 13.3. The number of aromatic nitrogens is 2. The van der Waals surface area contributed by atoms with Crippen molar-refractivity contribution in [3.05, 3.63) is 88.0 Å². The Morgan fingerprint density at radius 2 is 1.73 bits per heavy atom. The summed E-state index contributed by atoms with van der Waals surface area (Å²) >= 11 is 0. The van der Waals surface area contributed by atoms with Gasteiger partial charge in [-0.3, -0.25) is 4.79 Å². The molecule has 30 heavy (non-hydrogen) atoms. The van der Waals surface area contributed by atoms with Gasteiger partial charge in [0.25, 0.3) is 15.6 Å². The van der Waals surface area contributed by atoms with Gasteiger partial charge in [0.2, 0.25) is 0 Å². The summed E-state index contributed by atoms with van der Waals surface area (Å²) in [6.07, 6.45) is 3.27. The van der Waals surface area contributed by atoms with E-state index < -0.39 is 10.0 Å². The topological polar surface area (TPSA) is 73.1 Å². The predicted octanol–water partition coefficient (Wildman–Crippen LogP) is 3.16. The van der Waals surface area contributed by atoms with Crippen LogP contribution in [0.5, 0.6) is 0 Å². The van der Waals surface area contributed by atoms with Crippen LogP contribution in [0.2, 0.25) is 0 Å². The van der Waals surface area contributed by atoms with Crippen LogP contribution >= 0.6 is 0 Å². The lowest BCUT2D eigenvalue weighted by Crippen LogP contribution is -2.22. The van der Waals surface area contributed by atoms with Gasteiger partial charge in [0.05, 0.1) is 4.90 Å². The van der Waals surface area contributed by atoms with Gasteiger partial charge in [-0.15, -0.1) is 0 Å². The van der Waals surface area contributed by atoms with E-state index in [1.54, 1.807) is 43.6 Å². The zero-order chi connectivity index (χ0) is 21.0. The molecule has 0 radical (unpaired) electrons. The molecular formula is C23H21N3O3S. The lowest BCUT2D eigenvalue weighted by Gasteiger charge is -2.13. The Hall–Kier alpha value is -3.16. The average molecular weight is 420 g/mol. The van der Waals surface area contributed by atoms with Crippen molar-refractivity contribution >= 4 is 20.9 Å². The molecule has 0 saturated carbocycles. The Balaban J connectivity index is 1.80. The van der Waals surface area contributed by atoms with Crippen molar-refractivity contribution < 1.29 is 8.42 Å². The van der Waals surface area contributed by atoms with Crippen LogP contribution in [-0.4, -0.2) is 17.0 Å². The van der Waals surface area contributed by atoms with Crippen LogP contribution < -0.4 is 10.9 Å². The fourth-order valence-electron chi connectivity index (χ4n) is 4.15. The van der Waals surface area contributed by atoms with E-state index in [1.165, 1.54) is 21.9 Å². The van der Waals surface area contributed by atoms with Gasteiger partial charge in [-0.1, -0.05) is 35.9 Å². The summed E-state index contributed by atoms with van der Waals surface area (Å²) in [5.74, 6) is 0. The number of nitrogens with one attached hydrogen (secondary N) is 1. The lowest BCUT2D eigenvalue weighted by atomic mass is 9.96. The van der Waals surface area contributed by atoms with Gasteiger partial charge < -0.3 is 9.88 Å². The molecule has 0 amide bonds. The minimum absolute atomic E-state index is 0.155. The van der Waals surface area contributed by atoms with Crippen LogP contribution in [0.1, 0.15) is 16.7 Å². The minimum Gasteiger partial charge on any atom is -0.316 e. The van der Waals surface area contributed by atoms with Gasteiger partial charge >= 0.3 is 0 Å². The third-order valence-electron chi connectivity index (χ3n) is 5.75. The third-order valence-corrected chi connectivity index (χ3v) is 7.44. The number of benzene rings is 2. The highest BCUT2D eigenvalue weighted by molar-refractivity contribution is 7.90. The van der Waals surface area contributed by atoms with Crippen molar-refractivity contribution in [3.8, 4) is 11.1 Å². The molecular weight excluding hydrogens is 398 g/mol. The Morgan fingerprint density at radius 3 is 2.50 bits per heavy atom. The Labute approximate surface area is 174 Å². The van der Waals surface area contributed by atoms with Gasteiger partial charge in [-0.25, -0.2) is 12.4 Å². The molecule has 1 aliphatic rings. The summed E-state index contributed by atoms with van der Waals surface area (Å²) < 4.78 is 29.2. The van der Waals surface area contributed by atoms with Crippen molar-refractivity contribution in [1.29, 1.82) is 0 Å². The summed E-state index contributed by atoms with van der Waals surface area (Å²) in [5, 5.41) is 3.99. The Bertz CT molecular complexity index is 1460. The quantitative estimate of drug-likeness (QED) is 0.554. The highest BCUT2D eigenvalue weighted by Crippen LogP contribution is 2.34. The smallest absolute Gasteiger partial charge is 0.275 e. The van der Waals surface area contributed by atoms with Crippen LogP contribution in [0.3, 0.4) is 0 Å². The molecule has 0 saturated heterocycles. The summed E-state index contributed by atoms with van der Waals surface area (Å²) in [6.45, 7) is 3.45. The number of hydrogen-bond donors (Lipinski definition) is 1. The van der Waals surface area contributed by atoms with Gasteiger partial charge in [0.1, 0.15) is 5.52 Å². The van der Waals surface area contributed by atoms with E-state index in [2.05, 4.69) is 11.4 Å². The Morgan fingerprint density at radius 1 is 0.967 bits per heavy atom. The van der Waals surface area contributed by atoms with Crippen LogP contribution in [0.25, 0.3) is 22.0 Å². The molecule has 152 valence electrons. The van der Waals surface area contributed by atoms with E-state index in [-0.39, 0.29) is 16.0 Å². The second kappa shape index (κ2) is 6.68. The Kier molecular flexibility index (Phi) is 4.20. The van der Waals surface area contributed by atoms with Crippen LogP contribution in [0, 0.1) is 6.92 Å². The SMILES string of the molecule is Cc1ccc(S(=O)(=O)n2ccc3c(-c4cccc5c4CNC5)cn(C)c(=O)c32)cc1. The molecule has 0 fully saturated rings. The maximum absolute atomic E-state index is 13.3. The minimum atomic E-state index is -3.90. The molecule has 7 heteroatoms. The molecule has 0 unspecified atom stereocenters. The zero-order valence-electron chi connectivity index (χ0n) is 16.7. The number of fused-ring (bicyclic) bond motifs is 2. The van der Waals surface area contributed by atoms with E-state index in [1.807, 2.05) is 19.1 Å². The molecule has 0 bridgehead atoms. The van der Waals surface area contributed by atoms with Crippen molar-refractivity contribution in [2.24, 2.45) is 7.05 Å². The van der Waals surface area contributed by atoms with Gasteiger partial charge in [0.15, 0.2) is 0 Å². The second-order valence-corrected chi connectivity index (χ2v) is 9.51. The number of aryl methyl sites for hydroxylation is 2. The molecule has 0 aliphatic carbocycles. The van der Waals surface area contributed by atoms with Gasteiger partial charge in [-0.2, -0.15) is 0 Å². The van der Waals surface area contributed by atoms with Crippen molar-refractivity contribution in [2.45, 2.75) is 24.9 Å². The van der Waals surface area contributed by atoms with Gasteiger partial charge in [-0.05, 0) is 41.8 Å². The first-order valence-electron chi connectivity index (χ1n) is 9.73. The maximum Gasteiger partial charge on any atom is 0.275 e. The number of pyridine rings is 1. The predicted molar refractivity (Wildman–Crippen MR) is 117 cm³/mol. The van der Waals surface area contributed by atoms with E-state index in [9.17, 15) is 13.2 Å². The van der Waals surface area contributed by atoms with Crippen LogP contribution in [-0.2, 0) is 30.2 Å². The molecule has 2 aromatic carbocycles. The monoisotopic (exact) mass is 419 g/mol. The number of rotatable bonds is 3. The first-order chi connectivity index (χ1) is 14.4. The summed E-state index contributed by atoms with van der Waals surface area (Å²) in [4.78, 5) is 13.2. The van der Waals surface area contributed by atoms with E-state index in [4.69, 9.17) is 0 Å². The van der Waals surface area contributed by atoms with E-state index >= 15 is 0 Å². The lowest BCUT2D eigenvalue weighted by molar-refractivity contribution is 0.589. The molecule has 1 aliphatic heterocycles. The molecule has 5 rings (SSSR count). The van der Waals surface area contributed by atoms with Crippen molar-refractivity contribution in [2.75, 3.05) is 0 Å². The first-order valence-corrected chi connectivity index (χ1v) is 11.2. The molecule has 4 aromatic rings. The highest BCUT2D eigenvalue weighted by Gasteiger charge is 2.24. The molecule has 6 nitrogen and oxygen atoms in total. The van der Waals surface area contributed by atoms with Crippen molar-refractivity contribution in [3.63, 3.8) is 0 Å². The van der Waals surface area contributed by atoms with E-state index in [0.29, 0.717) is 5.39 Å². The second-order valence-electron chi connectivity index (χ2n) is 7.70. The van der Waals surface area contributed by atoms with Crippen molar-refractivity contribution in [1.82, 2.24) is 13.9 Å². The van der Waals surface area contributed by atoms with Crippen LogP contribution in [0.15, 0.2) is 70.6 Å². The van der Waals surface area contributed by atoms with Crippen LogP contribution in [0.4, 0.5) is 0 Å². The normalized spacial score (nSPS) is 13.7. The standard InChI is InChI=1S/C23H21N3O3S/c1-15-6-8-17(9-7-15)30(28,29)26-11-10-19-21(14-25(2)23(27)22(19)26)18-5-3-4-16-12-24-13-20(16)18/h3-11,14,24H,12-13H2,1-2H3. The fourth-order valence-corrected chi connectivity index (χ4v) is 5.50. The summed E-state index contributed by atoms with van der Waals surface area (Å²) in [6, 6.07) is 14.5. The number of hydrogen-bond acceptors (Lipinski definition) is 4. The first kappa shape index (κ1) is 18.8. The molecule has 3 heterocycles. The molecule has 2 aromatic heterocycles. The molecule has 0 atom stereocenters. The van der Waals surface area contributed by atoms with Gasteiger partial charge in [0, 0.05) is 43.5 Å². The average Bonchev–Trinajstić information content (AvgIpc) is 3.38. The summed E-state index contributed by atoms with van der Waals surface area (Å²) in [5.41, 5.74) is 5.07. The molecule has 0 spiro atoms. The third kappa shape index (κ3) is 2.74. The largest absolute Gasteiger partial charge is 0.316 e. The number of nitrogens with zero attached hydrogens (tertiary/aromatic N) is 2.